The van der Waals surface area contributed by atoms with Gasteiger partial charge in [0, 0.05) is 55.1 Å². The van der Waals surface area contributed by atoms with E-state index in [0.29, 0.717) is 0 Å². The highest BCUT2D eigenvalue weighted by atomic mass is 16.3. The van der Waals surface area contributed by atoms with Gasteiger partial charge < -0.3 is 13.9 Å². The molecule has 49 heavy (non-hydrogen) atoms. The lowest BCUT2D eigenvalue weighted by molar-refractivity contribution is 0.674. The van der Waals surface area contributed by atoms with Gasteiger partial charge in [-0.25, -0.2) is 0 Å². The van der Waals surface area contributed by atoms with Crippen LogP contribution in [0.15, 0.2) is 186 Å². The molecule has 0 spiro atoms. The molecule has 0 amide bonds. The maximum Gasteiger partial charge on any atom is 0.143 e. The Morgan fingerprint density at radius 3 is 1.71 bits per heavy atom. The number of fused-ring (bicyclic) bond motifs is 8. The Bertz CT molecular complexity index is 2770. The Labute approximate surface area is 283 Å². The number of aromatic nitrogens is 1. The lowest BCUT2D eigenvalue weighted by Crippen LogP contribution is -2.11. The van der Waals surface area contributed by atoms with Crippen molar-refractivity contribution >= 4 is 71.6 Å². The first-order valence-corrected chi connectivity index (χ1v) is 16.7. The number of anilines is 3. The Hall–Kier alpha value is -6.58. The fourth-order valence-electron chi connectivity index (χ4n) is 7.59. The van der Waals surface area contributed by atoms with Crippen molar-refractivity contribution in [3.8, 4) is 16.8 Å². The molecule has 2 aromatic heterocycles. The van der Waals surface area contributed by atoms with Crippen LogP contribution in [-0.2, 0) is 0 Å². The van der Waals surface area contributed by atoms with Crippen LogP contribution in [0.4, 0.5) is 17.1 Å². The summed E-state index contributed by atoms with van der Waals surface area (Å²) < 4.78 is 9.17. The molecule has 3 nitrogen and oxygen atoms in total. The van der Waals surface area contributed by atoms with Crippen molar-refractivity contribution in [2.24, 2.45) is 0 Å². The molecular formula is C46H30N2O. The maximum atomic E-state index is 6.80. The minimum atomic E-state index is 0.899. The Morgan fingerprint density at radius 1 is 0.367 bits per heavy atom. The Balaban J connectivity index is 1.16. The van der Waals surface area contributed by atoms with Gasteiger partial charge >= 0.3 is 0 Å². The van der Waals surface area contributed by atoms with Gasteiger partial charge in [-0.1, -0.05) is 121 Å². The van der Waals surface area contributed by atoms with Crippen LogP contribution in [0, 0.1) is 0 Å². The summed E-state index contributed by atoms with van der Waals surface area (Å²) in [5, 5.41) is 7.08. The van der Waals surface area contributed by atoms with Crippen molar-refractivity contribution in [2.45, 2.75) is 0 Å². The van der Waals surface area contributed by atoms with Crippen molar-refractivity contribution in [3.63, 3.8) is 0 Å². The van der Waals surface area contributed by atoms with Crippen LogP contribution >= 0.6 is 0 Å². The second kappa shape index (κ2) is 11.0. The molecule has 2 heterocycles. The van der Waals surface area contributed by atoms with Gasteiger partial charge in [-0.2, -0.15) is 0 Å². The average molecular weight is 627 g/mol. The highest BCUT2D eigenvalue weighted by Crippen LogP contribution is 2.45. The van der Waals surface area contributed by atoms with Gasteiger partial charge in [-0.3, -0.25) is 0 Å². The molecular weight excluding hydrogens is 597 g/mol. The van der Waals surface area contributed by atoms with E-state index in [1.807, 2.05) is 0 Å². The summed E-state index contributed by atoms with van der Waals surface area (Å²) >= 11 is 0. The van der Waals surface area contributed by atoms with Crippen LogP contribution in [0.2, 0.25) is 0 Å². The largest absolute Gasteiger partial charge is 0.455 e. The zero-order chi connectivity index (χ0) is 32.3. The molecule has 0 bridgehead atoms. The highest BCUT2D eigenvalue weighted by Gasteiger charge is 2.21. The average Bonchev–Trinajstić information content (AvgIpc) is 3.73. The third-order valence-corrected chi connectivity index (χ3v) is 9.78. The number of hydrogen-bond acceptors (Lipinski definition) is 2. The van der Waals surface area contributed by atoms with Gasteiger partial charge in [0.15, 0.2) is 0 Å². The third kappa shape index (κ3) is 4.29. The third-order valence-electron chi connectivity index (χ3n) is 9.78. The number of benzene rings is 8. The van der Waals surface area contributed by atoms with E-state index in [0.717, 1.165) is 61.2 Å². The molecule has 0 N–H and O–H groups in total. The van der Waals surface area contributed by atoms with Gasteiger partial charge in [0.25, 0.3) is 0 Å². The molecule has 0 atom stereocenters. The fraction of sp³-hybridized carbons (Fsp3) is 0. The van der Waals surface area contributed by atoms with Crippen LogP contribution in [0.1, 0.15) is 0 Å². The highest BCUT2D eigenvalue weighted by molar-refractivity contribution is 6.17. The fourth-order valence-corrected chi connectivity index (χ4v) is 7.59. The van der Waals surface area contributed by atoms with E-state index in [9.17, 15) is 0 Å². The summed E-state index contributed by atoms with van der Waals surface area (Å²) in [4.78, 5) is 2.35. The van der Waals surface area contributed by atoms with Crippen molar-refractivity contribution in [2.75, 3.05) is 4.90 Å². The second-order valence-electron chi connectivity index (χ2n) is 12.5. The molecule has 10 aromatic rings. The normalized spacial score (nSPS) is 11.7. The Morgan fingerprint density at radius 2 is 0.939 bits per heavy atom. The first kappa shape index (κ1) is 27.5. The zero-order valence-corrected chi connectivity index (χ0v) is 26.6. The molecule has 0 radical (unpaired) electrons. The summed E-state index contributed by atoms with van der Waals surface area (Å²) in [7, 11) is 0. The summed E-state index contributed by atoms with van der Waals surface area (Å²) in [6.45, 7) is 0. The van der Waals surface area contributed by atoms with E-state index in [-0.39, 0.29) is 0 Å². The van der Waals surface area contributed by atoms with Crippen molar-refractivity contribution in [1.82, 2.24) is 4.57 Å². The number of furan rings is 1. The minimum absolute atomic E-state index is 0.899. The van der Waals surface area contributed by atoms with Crippen LogP contribution in [0.5, 0.6) is 0 Å². The quantitative estimate of drug-likeness (QED) is 0.190. The predicted octanol–water partition coefficient (Wildman–Crippen LogP) is 13.0. The molecule has 0 saturated carbocycles. The smallest absolute Gasteiger partial charge is 0.143 e. The monoisotopic (exact) mass is 626 g/mol. The SMILES string of the molecule is c1ccc(N(c2ccc(-n3c4ccccc4c4ccccc43)cc2)c2ccccc2-c2cccc3c2oc2c4ccccc4ccc32)cc1. The molecule has 0 unspecified atom stereocenters. The molecule has 0 fully saturated rings. The number of nitrogens with zero attached hydrogens (tertiary/aromatic N) is 2. The van der Waals surface area contributed by atoms with Crippen LogP contribution in [0.3, 0.4) is 0 Å². The van der Waals surface area contributed by atoms with Gasteiger partial charge in [0.2, 0.25) is 0 Å². The number of hydrogen-bond donors (Lipinski definition) is 0. The van der Waals surface area contributed by atoms with Gasteiger partial charge in [-0.05, 0) is 66.0 Å². The van der Waals surface area contributed by atoms with E-state index in [4.69, 9.17) is 4.42 Å². The molecule has 0 aliphatic carbocycles. The van der Waals surface area contributed by atoms with Crippen LogP contribution in [-0.4, -0.2) is 4.57 Å². The molecule has 8 aromatic carbocycles. The summed E-state index contributed by atoms with van der Waals surface area (Å²) in [5.41, 5.74) is 10.8. The van der Waals surface area contributed by atoms with E-state index < -0.39 is 0 Å². The van der Waals surface area contributed by atoms with E-state index in [2.05, 4.69) is 191 Å². The maximum absolute atomic E-state index is 6.80. The standard InChI is InChI=1S/C46H30N2O/c1-2-14-32(15-3-1)47(33-26-28-34(29-27-33)48-43-23-10-6-17-36(43)37-18-7-11-24-44(37)48)42-22-9-8-19-38(42)39-20-12-21-40-41-30-25-31-13-4-5-16-35(31)45(41)49-46(39)40/h1-30H. The van der Waals surface area contributed by atoms with E-state index >= 15 is 0 Å². The van der Waals surface area contributed by atoms with E-state index in [1.165, 1.54) is 27.2 Å². The van der Waals surface area contributed by atoms with Crippen LogP contribution in [0.25, 0.3) is 71.3 Å². The summed E-state index contributed by atoms with van der Waals surface area (Å²) in [6.07, 6.45) is 0. The summed E-state index contributed by atoms with van der Waals surface area (Å²) in [6, 6.07) is 64.8. The summed E-state index contributed by atoms with van der Waals surface area (Å²) in [5.74, 6) is 0. The van der Waals surface area contributed by atoms with Gasteiger partial charge in [0.1, 0.15) is 11.2 Å². The van der Waals surface area contributed by atoms with Gasteiger partial charge in [-0.15, -0.1) is 0 Å². The van der Waals surface area contributed by atoms with Crippen molar-refractivity contribution < 1.29 is 4.42 Å². The lowest BCUT2D eigenvalue weighted by Gasteiger charge is -2.28. The van der Waals surface area contributed by atoms with Crippen molar-refractivity contribution in [1.29, 1.82) is 0 Å². The molecule has 3 heteroatoms. The topological polar surface area (TPSA) is 21.3 Å². The minimum Gasteiger partial charge on any atom is -0.455 e. The molecule has 10 rings (SSSR count). The Kier molecular flexibility index (Phi) is 6.18. The first-order chi connectivity index (χ1) is 24.3. The molecule has 0 aliphatic rings. The molecule has 0 aliphatic heterocycles. The van der Waals surface area contributed by atoms with Gasteiger partial charge in [0.05, 0.1) is 16.7 Å². The lowest BCUT2D eigenvalue weighted by atomic mass is 9.99. The van der Waals surface area contributed by atoms with Crippen LogP contribution < -0.4 is 4.90 Å². The first-order valence-electron chi connectivity index (χ1n) is 16.7. The predicted molar refractivity (Wildman–Crippen MR) is 206 cm³/mol. The molecule has 0 saturated heterocycles. The number of rotatable bonds is 5. The second-order valence-corrected chi connectivity index (χ2v) is 12.5. The van der Waals surface area contributed by atoms with E-state index in [1.54, 1.807) is 0 Å². The van der Waals surface area contributed by atoms with Crippen molar-refractivity contribution in [3.05, 3.63) is 182 Å². The number of para-hydroxylation sites is 5. The molecule has 230 valence electrons. The zero-order valence-electron chi connectivity index (χ0n) is 26.6.